The number of nitrogens with zero attached hydrogens (tertiary/aromatic N) is 1. The van der Waals surface area contributed by atoms with E-state index in [9.17, 15) is 29.4 Å². The molecule has 1 heterocycles. The first-order valence-corrected chi connectivity index (χ1v) is 12.0. The van der Waals surface area contributed by atoms with Crippen molar-refractivity contribution >= 4 is 39.8 Å². The Kier molecular flexibility index (Phi) is 5.88. The minimum absolute atomic E-state index is 0.0270. The Morgan fingerprint density at radius 1 is 0.921 bits per heavy atom. The molecule has 4 aromatic carbocycles. The van der Waals surface area contributed by atoms with E-state index in [1.54, 1.807) is 0 Å². The number of carbonyl (C=O) groups is 2. The van der Waals surface area contributed by atoms with E-state index in [0.29, 0.717) is 16.9 Å². The highest BCUT2D eigenvalue weighted by atomic mass is 16.5. The Balaban J connectivity index is 1.89. The van der Waals surface area contributed by atoms with E-state index in [4.69, 9.17) is 10.5 Å². The highest BCUT2D eigenvalue weighted by Crippen LogP contribution is 2.56. The van der Waals surface area contributed by atoms with Crippen LogP contribution in [0.25, 0.3) is 27.6 Å². The first kappa shape index (κ1) is 24.9. The Hall–Kier alpha value is -4.76. The first-order valence-electron chi connectivity index (χ1n) is 12.0. The molecule has 192 valence electrons. The van der Waals surface area contributed by atoms with Crippen molar-refractivity contribution in [1.29, 1.82) is 0 Å². The third-order valence-corrected chi connectivity index (χ3v) is 7.36. The zero-order valence-electron chi connectivity index (χ0n) is 20.8. The van der Waals surface area contributed by atoms with Gasteiger partial charge >= 0.3 is 11.9 Å². The summed E-state index contributed by atoms with van der Waals surface area (Å²) in [5, 5.41) is 18.9. The van der Waals surface area contributed by atoms with Crippen molar-refractivity contribution in [3.63, 3.8) is 0 Å². The number of aliphatic carboxylic acids is 2. The van der Waals surface area contributed by atoms with Gasteiger partial charge < -0.3 is 20.7 Å². The number of carboxylic acids is 2. The molecule has 0 bridgehead atoms. The van der Waals surface area contributed by atoms with Gasteiger partial charge in [-0.25, -0.2) is 9.28 Å². The molecule has 1 aliphatic heterocycles. The zero-order valence-corrected chi connectivity index (χ0v) is 20.8. The van der Waals surface area contributed by atoms with Gasteiger partial charge in [-0.3, -0.25) is 14.4 Å². The number of fused-ring (bicyclic) bond motifs is 3. The summed E-state index contributed by atoms with van der Waals surface area (Å²) < 4.78 is 5.66. The molecule has 0 saturated carbocycles. The lowest BCUT2D eigenvalue weighted by Crippen LogP contribution is -2.40. The minimum Gasteiger partial charge on any atom is -0.481 e. The van der Waals surface area contributed by atoms with Gasteiger partial charge in [0.1, 0.15) is 28.1 Å². The highest BCUT2D eigenvalue weighted by molar-refractivity contribution is 6.11. The normalized spacial score (nSPS) is 16.7. The second-order valence-corrected chi connectivity index (χ2v) is 9.40. The monoisotopic (exact) mass is 513 g/mol. The van der Waals surface area contributed by atoms with Crippen LogP contribution in [-0.2, 0) is 16.0 Å². The van der Waals surface area contributed by atoms with Crippen LogP contribution < -0.4 is 25.8 Å². The number of aryl methyl sites for hydroxylation is 1. The molecule has 0 amide bonds. The van der Waals surface area contributed by atoms with Crippen LogP contribution in [0.4, 0.5) is 11.4 Å². The van der Waals surface area contributed by atoms with Gasteiger partial charge in [0, 0.05) is 30.5 Å². The number of carboxylic acid groups (broad SMARTS) is 2. The maximum Gasteiger partial charge on any atom is 0.341 e. The van der Waals surface area contributed by atoms with Crippen LogP contribution in [0.2, 0.25) is 0 Å². The maximum atomic E-state index is 13.1. The first-order chi connectivity index (χ1) is 18.1. The van der Waals surface area contributed by atoms with Gasteiger partial charge in [0.05, 0.1) is 12.4 Å². The third kappa shape index (κ3) is 3.51. The van der Waals surface area contributed by atoms with Gasteiger partial charge in [0.2, 0.25) is 10.9 Å². The topological polar surface area (TPSA) is 144 Å². The predicted molar refractivity (Wildman–Crippen MR) is 144 cm³/mol. The molecular formula is C29H25N2O7+. The largest absolute Gasteiger partial charge is 0.481 e. The van der Waals surface area contributed by atoms with Crippen LogP contribution in [-0.4, -0.2) is 35.8 Å². The fourth-order valence-corrected chi connectivity index (χ4v) is 5.48. The average Bonchev–Trinajstić information content (AvgIpc) is 3.11. The predicted octanol–water partition coefficient (Wildman–Crippen LogP) is 3.51. The second-order valence-electron chi connectivity index (χ2n) is 9.40. The Bertz CT molecular complexity index is 1750. The summed E-state index contributed by atoms with van der Waals surface area (Å²) in [5.74, 6) is -2.34. The number of rotatable bonds is 8. The molecule has 0 aliphatic carbocycles. The Morgan fingerprint density at radius 2 is 1.55 bits per heavy atom. The molecule has 4 N–H and O–H groups in total. The SMILES string of the molecule is CC1=C(N)c2c(OCC(=O)O)c(CCC(=O)O)c3c(=O)c(=O)c3c2[N+]1(C)c1ccccc1-c1ccccc1. The fraction of sp³-hybridized carbons (Fsp3) is 0.172. The molecule has 9 heteroatoms. The molecule has 1 atom stereocenters. The van der Waals surface area contributed by atoms with E-state index >= 15 is 0 Å². The molecule has 38 heavy (non-hydrogen) atoms. The molecule has 4 aromatic rings. The highest BCUT2D eigenvalue weighted by Gasteiger charge is 2.49. The quantitative estimate of drug-likeness (QED) is 0.240. The molecule has 0 radical (unpaired) electrons. The summed E-state index contributed by atoms with van der Waals surface area (Å²) in [4.78, 5) is 48.8. The molecule has 0 spiro atoms. The molecule has 0 aromatic heterocycles. The van der Waals surface area contributed by atoms with E-state index in [2.05, 4.69) is 0 Å². The fourth-order valence-electron chi connectivity index (χ4n) is 5.48. The number of allylic oxidation sites excluding steroid dienone is 1. The van der Waals surface area contributed by atoms with E-state index in [-0.39, 0.29) is 45.1 Å². The smallest absolute Gasteiger partial charge is 0.341 e. The number of nitrogens with two attached hydrogens (primary N) is 1. The van der Waals surface area contributed by atoms with Crippen LogP contribution >= 0.6 is 0 Å². The number of quaternary nitrogens is 1. The van der Waals surface area contributed by atoms with Crippen LogP contribution in [0.5, 0.6) is 5.75 Å². The molecule has 5 rings (SSSR count). The van der Waals surface area contributed by atoms with Crippen molar-refractivity contribution in [1.82, 2.24) is 4.48 Å². The number of benzene rings is 3. The number of hydrogen-bond acceptors (Lipinski definition) is 6. The third-order valence-electron chi connectivity index (χ3n) is 7.36. The molecule has 0 saturated heterocycles. The Labute approximate surface area is 216 Å². The second kappa shape index (κ2) is 8.97. The summed E-state index contributed by atoms with van der Waals surface area (Å²) in [6.45, 7) is 1.08. The maximum absolute atomic E-state index is 13.1. The van der Waals surface area contributed by atoms with Crippen molar-refractivity contribution in [2.75, 3.05) is 13.7 Å². The summed E-state index contributed by atoms with van der Waals surface area (Å²) >= 11 is 0. The Morgan fingerprint density at radius 3 is 2.21 bits per heavy atom. The van der Waals surface area contributed by atoms with E-state index < -0.39 is 29.4 Å². The van der Waals surface area contributed by atoms with Crippen molar-refractivity contribution in [2.24, 2.45) is 5.73 Å². The zero-order chi connectivity index (χ0) is 27.4. The van der Waals surface area contributed by atoms with Crippen LogP contribution in [0, 0.1) is 0 Å². The summed E-state index contributed by atoms with van der Waals surface area (Å²) in [7, 11) is 1.87. The van der Waals surface area contributed by atoms with Crippen molar-refractivity contribution in [3.8, 4) is 16.9 Å². The van der Waals surface area contributed by atoms with Crippen LogP contribution in [0.3, 0.4) is 0 Å². The van der Waals surface area contributed by atoms with Crippen LogP contribution in [0.15, 0.2) is 69.9 Å². The lowest BCUT2D eigenvalue weighted by molar-refractivity contribution is -0.139. The number of hydrogen-bond donors (Lipinski definition) is 3. The van der Waals surface area contributed by atoms with Crippen molar-refractivity contribution in [3.05, 3.63) is 91.9 Å². The summed E-state index contributed by atoms with van der Waals surface area (Å²) in [5.41, 5.74) is 9.67. The van der Waals surface area contributed by atoms with Gasteiger partial charge in [-0.2, -0.15) is 0 Å². The molecule has 9 nitrogen and oxygen atoms in total. The minimum atomic E-state index is -1.25. The summed E-state index contributed by atoms with van der Waals surface area (Å²) in [6.07, 6.45) is -0.475. The lowest BCUT2D eigenvalue weighted by atomic mass is 9.89. The van der Waals surface area contributed by atoms with E-state index in [1.165, 1.54) is 0 Å². The number of ether oxygens (including phenoxy) is 1. The van der Waals surface area contributed by atoms with Gasteiger partial charge in [0.15, 0.2) is 18.0 Å². The van der Waals surface area contributed by atoms with E-state index in [0.717, 1.165) is 16.8 Å². The van der Waals surface area contributed by atoms with Gasteiger partial charge in [0.25, 0.3) is 0 Å². The van der Waals surface area contributed by atoms with Crippen LogP contribution in [0.1, 0.15) is 24.5 Å². The standard InChI is InChI=1S/C29H24N2O7/c1-15-25(30)24-26(31(15,2)19-11-7-6-10-17(19)16-8-4-3-5-9-16)23-22(27(36)28(23)37)18(12-13-20(32)33)29(24)38-14-21(34)35/h3-11H,12-14,30H2,1-2H3,(H-,32,33,34,35)/p+1. The molecule has 1 unspecified atom stereocenters. The van der Waals surface area contributed by atoms with Crippen molar-refractivity contribution < 1.29 is 24.5 Å². The molecular weight excluding hydrogens is 488 g/mol. The number of para-hydroxylation sites is 1. The van der Waals surface area contributed by atoms with Gasteiger partial charge in [-0.15, -0.1) is 0 Å². The molecule has 0 fully saturated rings. The van der Waals surface area contributed by atoms with Gasteiger partial charge in [-0.05, 0) is 18.1 Å². The molecule has 1 aliphatic rings. The summed E-state index contributed by atoms with van der Waals surface area (Å²) in [6, 6.07) is 17.3. The van der Waals surface area contributed by atoms with Crippen molar-refractivity contribution in [2.45, 2.75) is 19.8 Å². The van der Waals surface area contributed by atoms with E-state index in [1.807, 2.05) is 68.6 Å². The lowest BCUT2D eigenvalue weighted by Gasteiger charge is -2.34. The van der Waals surface area contributed by atoms with Gasteiger partial charge in [-0.1, -0.05) is 42.5 Å². The average molecular weight is 514 g/mol.